The Morgan fingerprint density at radius 1 is 1.02 bits per heavy atom. The maximum atomic E-state index is 13.6. The van der Waals surface area contributed by atoms with Crippen LogP contribution in [0, 0.1) is 25.2 Å². The van der Waals surface area contributed by atoms with Gasteiger partial charge in [-0.15, -0.1) is 0 Å². The fraction of sp³-hybridized carbons (Fsp3) is 0.100. The topological polar surface area (TPSA) is 123 Å². The summed E-state index contributed by atoms with van der Waals surface area (Å²) in [6.45, 7) is 3.48. The lowest BCUT2D eigenvalue weighted by molar-refractivity contribution is -0.112. The van der Waals surface area contributed by atoms with E-state index in [4.69, 9.17) is 4.74 Å². The van der Waals surface area contributed by atoms with Crippen LogP contribution < -0.4 is 21.2 Å². The van der Waals surface area contributed by atoms with Gasteiger partial charge in [-0.05, 0) is 68.0 Å². The Hall–Kier alpha value is -5.21. The first kappa shape index (κ1) is 27.4. The first-order valence-electron chi connectivity index (χ1n) is 12.4. The molecule has 0 saturated carbocycles. The number of para-hydroxylation sites is 1. The molecule has 10 nitrogen and oxygen atoms in total. The molecule has 0 aliphatic carbocycles. The molecule has 0 unspecified atom stereocenters. The minimum atomic E-state index is -0.859. The standard InChI is InChI=1S/C30H23BrN6O4/c1-18-8-7-15-36-26(18)34-28(41-23-13-11-21(31)12-14-23)24(29(36)39)16-20(17-32)27(38)33-25-19(2)35(3)37(30(25)40)22-9-5-4-6-10-22/h4-16H,1-3H3,(H,33,38)/b20-16+. The van der Waals surface area contributed by atoms with E-state index in [0.717, 1.165) is 16.1 Å². The molecule has 0 saturated heterocycles. The summed E-state index contributed by atoms with van der Waals surface area (Å²) in [5.74, 6) is -0.534. The molecular formula is C30H23BrN6O4. The van der Waals surface area contributed by atoms with Crippen LogP contribution in [0.2, 0.25) is 0 Å². The van der Waals surface area contributed by atoms with Crippen LogP contribution in [0.4, 0.5) is 5.69 Å². The molecule has 3 heterocycles. The molecular weight excluding hydrogens is 588 g/mol. The maximum absolute atomic E-state index is 13.6. The van der Waals surface area contributed by atoms with E-state index >= 15 is 0 Å². The highest BCUT2D eigenvalue weighted by atomic mass is 79.9. The molecule has 204 valence electrons. The number of hydrogen-bond acceptors (Lipinski definition) is 6. The molecule has 41 heavy (non-hydrogen) atoms. The van der Waals surface area contributed by atoms with Gasteiger partial charge in [0.2, 0.25) is 5.88 Å². The summed E-state index contributed by atoms with van der Waals surface area (Å²) in [5, 5.41) is 12.5. The van der Waals surface area contributed by atoms with Crippen molar-refractivity contribution in [2.24, 2.45) is 7.05 Å². The molecule has 5 rings (SSSR count). The quantitative estimate of drug-likeness (QED) is 0.215. The fourth-order valence-electron chi connectivity index (χ4n) is 4.29. The fourth-order valence-corrected chi connectivity index (χ4v) is 4.56. The van der Waals surface area contributed by atoms with Crippen LogP contribution in [0.3, 0.4) is 0 Å². The molecule has 0 fully saturated rings. The Morgan fingerprint density at radius 2 is 1.73 bits per heavy atom. The van der Waals surface area contributed by atoms with Crippen molar-refractivity contribution < 1.29 is 9.53 Å². The largest absolute Gasteiger partial charge is 0.438 e. The zero-order valence-corrected chi connectivity index (χ0v) is 23.8. The number of hydrogen-bond donors (Lipinski definition) is 1. The van der Waals surface area contributed by atoms with Crippen molar-refractivity contribution in [3.63, 3.8) is 0 Å². The average Bonchev–Trinajstić information content (AvgIpc) is 3.18. The summed E-state index contributed by atoms with van der Waals surface area (Å²) >= 11 is 3.37. The molecule has 0 spiro atoms. The van der Waals surface area contributed by atoms with Crippen LogP contribution in [0.25, 0.3) is 17.4 Å². The molecule has 0 radical (unpaired) electrons. The number of aryl methyl sites for hydroxylation is 1. The second-order valence-electron chi connectivity index (χ2n) is 9.14. The highest BCUT2D eigenvalue weighted by Gasteiger charge is 2.22. The molecule has 3 aromatic heterocycles. The number of anilines is 1. The predicted molar refractivity (Wildman–Crippen MR) is 158 cm³/mol. The number of halogens is 1. The number of amides is 1. The number of carbonyl (C=O) groups excluding carboxylic acids is 1. The summed E-state index contributed by atoms with van der Waals surface area (Å²) in [5.41, 5.74) is 0.682. The summed E-state index contributed by atoms with van der Waals surface area (Å²) in [4.78, 5) is 44.7. The lowest BCUT2D eigenvalue weighted by Crippen LogP contribution is -2.24. The lowest BCUT2D eigenvalue weighted by Gasteiger charge is -2.11. The van der Waals surface area contributed by atoms with Crippen LogP contribution >= 0.6 is 15.9 Å². The van der Waals surface area contributed by atoms with Crippen molar-refractivity contribution in [2.45, 2.75) is 13.8 Å². The predicted octanol–water partition coefficient (Wildman–Crippen LogP) is 4.90. The van der Waals surface area contributed by atoms with Crippen molar-refractivity contribution in [3.05, 3.63) is 121 Å². The number of aromatic nitrogens is 4. The molecule has 1 amide bonds. The van der Waals surface area contributed by atoms with Crippen LogP contribution in [0.15, 0.2) is 92.6 Å². The molecule has 0 atom stereocenters. The molecule has 1 N–H and O–H groups in total. The minimum absolute atomic E-state index is 0.0119. The second-order valence-corrected chi connectivity index (χ2v) is 10.1. The third kappa shape index (κ3) is 5.20. The zero-order chi connectivity index (χ0) is 29.3. The Kier molecular flexibility index (Phi) is 7.42. The Morgan fingerprint density at radius 3 is 2.41 bits per heavy atom. The van der Waals surface area contributed by atoms with Crippen LogP contribution in [0.1, 0.15) is 16.8 Å². The second kappa shape index (κ2) is 11.1. The van der Waals surface area contributed by atoms with Gasteiger partial charge in [-0.3, -0.25) is 23.5 Å². The van der Waals surface area contributed by atoms with Gasteiger partial charge < -0.3 is 10.1 Å². The molecule has 0 aliphatic heterocycles. The Bertz CT molecular complexity index is 2000. The molecule has 2 aromatic carbocycles. The van der Waals surface area contributed by atoms with E-state index in [0.29, 0.717) is 22.8 Å². The minimum Gasteiger partial charge on any atom is -0.438 e. The van der Waals surface area contributed by atoms with Gasteiger partial charge in [0.25, 0.3) is 17.0 Å². The van der Waals surface area contributed by atoms with Crippen molar-refractivity contribution in [3.8, 4) is 23.4 Å². The van der Waals surface area contributed by atoms with Crippen LogP contribution in [-0.2, 0) is 11.8 Å². The summed E-state index contributed by atoms with van der Waals surface area (Å²) in [7, 11) is 1.69. The molecule has 0 aliphatic rings. The first-order valence-corrected chi connectivity index (χ1v) is 13.2. The van der Waals surface area contributed by atoms with Gasteiger partial charge >= 0.3 is 0 Å². The summed E-state index contributed by atoms with van der Waals surface area (Å²) < 4.78 is 11.1. The van der Waals surface area contributed by atoms with Crippen molar-refractivity contribution in [2.75, 3.05) is 5.32 Å². The zero-order valence-electron chi connectivity index (χ0n) is 22.3. The van der Waals surface area contributed by atoms with Gasteiger partial charge in [0.1, 0.15) is 34.3 Å². The lowest BCUT2D eigenvalue weighted by atomic mass is 10.1. The van der Waals surface area contributed by atoms with Crippen molar-refractivity contribution in [1.29, 1.82) is 5.26 Å². The maximum Gasteiger partial charge on any atom is 0.295 e. The number of nitrogens with one attached hydrogen (secondary N) is 1. The van der Waals surface area contributed by atoms with Gasteiger partial charge in [-0.1, -0.05) is 40.2 Å². The Balaban J connectivity index is 1.59. The third-order valence-corrected chi connectivity index (χ3v) is 7.05. The van der Waals surface area contributed by atoms with Gasteiger partial charge in [-0.25, -0.2) is 4.68 Å². The first-order chi connectivity index (χ1) is 19.7. The van der Waals surface area contributed by atoms with Crippen molar-refractivity contribution in [1.82, 2.24) is 18.7 Å². The molecule has 5 aromatic rings. The van der Waals surface area contributed by atoms with E-state index in [1.54, 1.807) is 92.4 Å². The van der Waals surface area contributed by atoms with E-state index < -0.39 is 22.6 Å². The molecule has 11 heteroatoms. The SMILES string of the molecule is Cc1cccn2c(=O)c(/C=C(\C#N)C(=O)Nc3c(C)n(C)n(-c4ccccc4)c3=O)c(Oc3ccc(Br)cc3)nc12. The van der Waals surface area contributed by atoms with E-state index in [2.05, 4.69) is 26.2 Å². The highest BCUT2D eigenvalue weighted by molar-refractivity contribution is 9.10. The Labute approximate surface area is 242 Å². The number of pyridine rings is 1. The van der Waals surface area contributed by atoms with Gasteiger partial charge in [-0.2, -0.15) is 10.2 Å². The molecule has 0 bridgehead atoms. The summed E-state index contributed by atoms with van der Waals surface area (Å²) in [6.07, 6.45) is 2.67. The van der Waals surface area contributed by atoms with Crippen LogP contribution in [0.5, 0.6) is 11.6 Å². The van der Waals surface area contributed by atoms with Gasteiger partial charge in [0.05, 0.1) is 11.4 Å². The number of ether oxygens (including phenoxy) is 1. The number of benzene rings is 2. The summed E-state index contributed by atoms with van der Waals surface area (Å²) in [6, 6.07) is 21.2. The van der Waals surface area contributed by atoms with E-state index in [-0.39, 0.29) is 17.1 Å². The number of rotatable bonds is 6. The van der Waals surface area contributed by atoms with Gasteiger partial charge in [0, 0.05) is 17.7 Å². The van der Waals surface area contributed by atoms with E-state index in [1.807, 2.05) is 12.1 Å². The highest BCUT2D eigenvalue weighted by Crippen LogP contribution is 2.26. The number of carbonyl (C=O) groups is 1. The normalized spacial score (nSPS) is 11.3. The monoisotopic (exact) mass is 610 g/mol. The van der Waals surface area contributed by atoms with Gasteiger partial charge in [0.15, 0.2) is 0 Å². The van der Waals surface area contributed by atoms with Crippen molar-refractivity contribution >= 4 is 39.2 Å². The number of nitrogens with zero attached hydrogens (tertiary/aromatic N) is 5. The smallest absolute Gasteiger partial charge is 0.295 e. The number of fused-ring (bicyclic) bond motifs is 1. The van der Waals surface area contributed by atoms with Crippen LogP contribution in [-0.4, -0.2) is 24.7 Å². The van der Waals surface area contributed by atoms with E-state index in [1.165, 1.54) is 9.08 Å². The average molecular weight is 611 g/mol. The number of nitriles is 1. The third-order valence-electron chi connectivity index (χ3n) is 6.52. The van der Waals surface area contributed by atoms with E-state index in [9.17, 15) is 19.6 Å².